The maximum absolute atomic E-state index is 11.9. The van der Waals surface area contributed by atoms with Gasteiger partial charge < -0.3 is 10.6 Å². The molecule has 2 amide bonds. The highest BCUT2D eigenvalue weighted by Gasteiger charge is 2.33. The lowest BCUT2D eigenvalue weighted by Crippen LogP contribution is -2.58. The van der Waals surface area contributed by atoms with Crippen LogP contribution in [-0.4, -0.2) is 24.4 Å². The van der Waals surface area contributed by atoms with E-state index in [1.165, 1.54) is 0 Å². The predicted octanol–water partition coefficient (Wildman–Crippen LogP) is 1.71. The molecule has 1 aliphatic heterocycles. The van der Waals surface area contributed by atoms with Gasteiger partial charge in [-0.15, -0.1) is 0 Å². The number of carbonyl (C=O) groups excluding carboxylic acids is 2. The number of nitrogens with two attached hydrogens (primary N) is 1. The predicted molar refractivity (Wildman–Crippen MR) is 81.3 cm³/mol. The highest BCUT2D eigenvalue weighted by atomic mass is 79.9. The summed E-state index contributed by atoms with van der Waals surface area (Å²) in [4.78, 5) is 25.3. The highest BCUT2D eigenvalue weighted by Crippen LogP contribution is 2.31. The van der Waals surface area contributed by atoms with E-state index in [2.05, 4.69) is 21.2 Å². The van der Waals surface area contributed by atoms with Gasteiger partial charge in [-0.1, -0.05) is 13.0 Å². The van der Waals surface area contributed by atoms with Crippen LogP contribution in [0.3, 0.4) is 0 Å². The number of nitrogens with one attached hydrogen (secondary N) is 1. The number of rotatable bonds is 3. The Kier molecular flexibility index (Phi) is 4.45. The summed E-state index contributed by atoms with van der Waals surface area (Å²) in [6.07, 6.45) is 0.639. The largest absolute Gasteiger partial charge is 0.349 e. The van der Waals surface area contributed by atoms with Gasteiger partial charge >= 0.3 is 0 Å². The molecule has 1 heterocycles. The lowest BCUT2D eigenvalue weighted by atomic mass is 10.1. The molecule has 0 saturated carbocycles. The molecule has 1 unspecified atom stereocenters. The van der Waals surface area contributed by atoms with Crippen molar-refractivity contribution < 1.29 is 9.59 Å². The van der Waals surface area contributed by atoms with E-state index in [1.54, 1.807) is 0 Å². The van der Waals surface area contributed by atoms with Crippen molar-refractivity contribution in [2.75, 3.05) is 11.4 Å². The van der Waals surface area contributed by atoms with Gasteiger partial charge in [0.05, 0.1) is 12.2 Å². The number of piperazine rings is 1. The Morgan fingerprint density at radius 2 is 2.20 bits per heavy atom. The Morgan fingerprint density at radius 1 is 1.50 bits per heavy atom. The van der Waals surface area contributed by atoms with Crippen LogP contribution in [0.25, 0.3) is 0 Å². The smallest absolute Gasteiger partial charge is 0.249 e. The number of anilines is 1. The van der Waals surface area contributed by atoms with Crippen LogP contribution in [0.1, 0.15) is 31.9 Å². The van der Waals surface area contributed by atoms with Gasteiger partial charge in [0.1, 0.15) is 6.04 Å². The fourth-order valence-electron chi connectivity index (χ4n) is 2.36. The third kappa shape index (κ3) is 2.86. The van der Waals surface area contributed by atoms with Crippen LogP contribution in [0.2, 0.25) is 0 Å². The maximum Gasteiger partial charge on any atom is 0.249 e. The topological polar surface area (TPSA) is 75.4 Å². The van der Waals surface area contributed by atoms with E-state index in [0.29, 0.717) is 6.42 Å². The molecule has 0 aliphatic carbocycles. The fraction of sp³-hybridized carbons (Fsp3) is 0.429. The van der Waals surface area contributed by atoms with E-state index < -0.39 is 0 Å². The van der Waals surface area contributed by atoms with E-state index in [0.717, 1.165) is 15.7 Å². The van der Waals surface area contributed by atoms with Crippen LogP contribution in [0.5, 0.6) is 0 Å². The van der Waals surface area contributed by atoms with Gasteiger partial charge in [-0.3, -0.25) is 14.9 Å². The van der Waals surface area contributed by atoms with Crippen LogP contribution in [0.15, 0.2) is 22.7 Å². The molecule has 2 rings (SSSR count). The van der Waals surface area contributed by atoms with Gasteiger partial charge in [0, 0.05) is 10.5 Å². The highest BCUT2D eigenvalue weighted by molar-refractivity contribution is 9.10. The molecule has 1 fully saturated rings. The first-order valence-electron chi connectivity index (χ1n) is 6.59. The zero-order chi connectivity index (χ0) is 14.9. The van der Waals surface area contributed by atoms with Crippen LogP contribution in [0.4, 0.5) is 5.69 Å². The molecule has 0 spiro atoms. The van der Waals surface area contributed by atoms with Crippen molar-refractivity contribution in [3.05, 3.63) is 28.2 Å². The Hall–Kier alpha value is -1.40. The van der Waals surface area contributed by atoms with Crippen molar-refractivity contribution >= 4 is 33.4 Å². The minimum Gasteiger partial charge on any atom is -0.349 e. The van der Waals surface area contributed by atoms with Crippen molar-refractivity contribution in [1.29, 1.82) is 0 Å². The molecular weight excluding hydrogens is 322 g/mol. The molecule has 1 aromatic rings. The average Bonchev–Trinajstić information content (AvgIpc) is 2.37. The van der Waals surface area contributed by atoms with Gasteiger partial charge in [-0.25, -0.2) is 0 Å². The Balaban J connectivity index is 2.38. The van der Waals surface area contributed by atoms with Crippen LogP contribution in [0, 0.1) is 0 Å². The molecule has 1 aromatic carbocycles. The molecule has 0 aromatic heterocycles. The van der Waals surface area contributed by atoms with E-state index in [1.807, 2.05) is 36.9 Å². The Morgan fingerprint density at radius 3 is 2.75 bits per heavy atom. The van der Waals surface area contributed by atoms with Gasteiger partial charge in [-0.2, -0.15) is 0 Å². The van der Waals surface area contributed by atoms with Gasteiger partial charge in [0.25, 0.3) is 0 Å². The number of benzene rings is 1. The normalized spacial score (nSPS) is 20.8. The SMILES string of the molecule is CCC1C(=O)NC(=O)CN1c1ccc([C@@H](C)N)cc1Br. The molecule has 1 aliphatic rings. The minimum absolute atomic E-state index is 0.0615. The summed E-state index contributed by atoms with van der Waals surface area (Å²) in [5.41, 5.74) is 7.69. The molecule has 3 N–H and O–H groups in total. The fourth-order valence-corrected chi connectivity index (χ4v) is 2.99. The lowest BCUT2D eigenvalue weighted by molar-refractivity contribution is -0.132. The van der Waals surface area contributed by atoms with Crippen molar-refractivity contribution in [2.45, 2.75) is 32.4 Å². The van der Waals surface area contributed by atoms with Crippen LogP contribution >= 0.6 is 15.9 Å². The maximum atomic E-state index is 11.9. The average molecular weight is 340 g/mol. The second kappa shape index (κ2) is 5.93. The number of carbonyl (C=O) groups is 2. The van der Waals surface area contributed by atoms with Gasteiger partial charge in [0.15, 0.2) is 0 Å². The standard InChI is InChI=1S/C14H18BrN3O2/c1-3-11-14(20)17-13(19)7-18(11)12-5-4-9(8(2)16)6-10(12)15/h4-6,8,11H,3,7,16H2,1-2H3,(H,17,19,20)/t8-,11?/m1/s1. The number of halogens is 1. The van der Waals surface area contributed by atoms with Crippen molar-refractivity contribution in [3.8, 4) is 0 Å². The van der Waals surface area contributed by atoms with Gasteiger partial charge in [0.2, 0.25) is 11.8 Å². The molecule has 1 saturated heterocycles. The van der Waals surface area contributed by atoms with E-state index in [4.69, 9.17) is 5.73 Å². The number of imide groups is 1. The molecule has 6 heteroatoms. The second-order valence-corrected chi connectivity index (χ2v) is 5.82. The summed E-state index contributed by atoms with van der Waals surface area (Å²) in [6.45, 7) is 4.02. The molecular formula is C14H18BrN3O2. The third-order valence-electron chi connectivity index (χ3n) is 3.45. The molecule has 0 bridgehead atoms. The third-order valence-corrected chi connectivity index (χ3v) is 4.08. The van der Waals surface area contributed by atoms with Crippen molar-refractivity contribution in [1.82, 2.24) is 5.32 Å². The molecule has 0 radical (unpaired) electrons. The molecule has 5 nitrogen and oxygen atoms in total. The lowest BCUT2D eigenvalue weighted by Gasteiger charge is -2.36. The van der Waals surface area contributed by atoms with E-state index >= 15 is 0 Å². The zero-order valence-corrected chi connectivity index (χ0v) is 13.1. The van der Waals surface area contributed by atoms with Gasteiger partial charge in [-0.05, 0) is 47.0 Å². The minimum atomic E-state index is -0.329. The number of amides is 2. The zero-order valence-electron chi connectivity index (χ0n) is 11.5. The number of nitrogens with zero attached hydrogens (tertiary/aromatic N) is 1. The molecule has 2 atom stereocenters. The summed E-state index contributed by atoms with van der Waals surface area (Å²) in [5.74, 6) is -0.519. The number of hydrogen-bond donors (Lipinski definition) is 2. The first-order valence-corrected chi connectivity index (χ1v) is 7.38. The quantitative estimate of drug-likeness (QED) is 0.822. The second-order valence-electron chi connectivity index (χ2n) is 4.96. The summed E-state index contributed by atoms with van der Waals surface area (Å²) in [5, 5.41) is 2.37. The summed E-state index contributed by atoms with van der Waals surface area (Å²) >= 11 is 3.51. The number of hydrogen-bond acceptors (Lipinski definition) is 4. The summed E-state index contributed by atoms with van der Waals surface area (Å²) in [7, 11) is 0. The molecule has 20 heavy (non-hydrogen) atoms. The Labute approximate surface area is 126 Å². The van der Waals surface area contributed by atoms with E-state index in [9.17, 15) is 9.59 Å². The molecule has 108 valence electrons. The first-order chi connectivity index (χ1) is 9.43. The van der Waals surface area contributed by atoms with Crippen molar-refractivity contribution in [3.63, 3.8) is 0 Å². The monoisotopic (exact) mass is 339 g/mol. The van der Waals surface area contributed by atoms with Crippen LogP contribution in [-0.2, 0) is 9.59 Å². The summed E-state index contributed by atoms with van der Waals surface area (Å²) < 4.78 is 0.841. The van der Waals surface area contributed by atoms with Crippen LogP contribution < -0.4 is 16.0 Å². The first kappa shape index (κ1) is 15.0. The summed E-state index contributed by atoms with van der Waals surface area (Å²) in [6, 6.07) is 5.37. The van der Waals surface area contributed by atoms with E-state index in [-0.39, 0.29) is 30.4 Å². The van der Waals surface area contributed by atoms with Crippen molar-refractivity contribution in [2.24, 2.45) is 5.73 Å². The Bertz CT molecular complexity index is 545.